The zero-order chi connectivity index (χ0) is 12.2. The van der Waals surface area contributed by atoms with Crippen LogP contribution in [0.15, 0.2) is 29.2 Å². The van der Waals surface area contributed by atoms with E-state index in [2.05, 4.69) is 10.8 Å². The van der Waals surface area contributed by atoms with Crippen molar-refractivity contribution >= 4 is 17.7 Å². The zero-order valence-electron chi connectivity index (χ0n) is 9.82. The number of methoxy groups -OCH3 is 1. The summed E-state index contributed by atoms with van der Waals surface area (Å²) in [7, 11) is 1.35. The maximum atomic E-state index is 11.4. The van der Waals surface area contributed by atoms with Gasteiger partial charge in [-0.3, -0.25) is 4.79 Å². The van der Waals surface area contributed by atoms with Gasteiger partial charge in [0.05, 0.1) is 7.11 Å². The zero-order valence-corrected chi connectivity index (χ0v) is 10.6. The molecule has 2 N–H and O–H groups in total. The fourth-order valence-corrected chi connectivity index (χ4v) is 2.26. The van der Waals surface area contributed by atoms with Gasteiger partial charge in [0.25, 0.3) is 0 Å². The van der Waals surface area contributed by atoms with Gasteiger partial charge < -0.3 is 10.5 Å². The summed E-state index contributed by atoms with van der Waals surface area (Å²) in [4.78, 5) is 12.5. The molecule has 0 saturated carbocycles. The minimum Gasteiger partial charge on any atom is -0.468 e. The molecule has 1 unspecified atom stereocenters. The van der Waals surface area contributed by atoms with Crippen molar-refractivity contribution in [3.63, 3.8) is 0 Å². The Labute approximate surface area is 100 Å². The van der Waals surface area contributed by atoms with E-state index in [-0.39, 0.29) is 5.97 Å². The largest absolute Gasteiger partial charge is 0.468 e. The van der Waals surface area contributed by atoms with E-state index in [1.54, 1.807) is 18.7 Å². The second-order valence-corrected chi connectivity index (χ2v) is 5.06. The van der Waals surface area contributed by atoms with Gasteiger partial charge in [0.2, 0.25) is 0 Å². The lowest BCUT2D eigenvalue weighted by atomic mass is 10.1. The number of benzene rings is 1. The first-order valence-corrected chi connectivity index (χ1v) is 6.01. The normalized spacial score (nSPS) is 14.2. The number of hydrogen-bond acceptors (Lipinski definition) is 4. The molecule has 1 aromatic rings. The quantitative estimate of drug-likeness (QED) is 0.645. The third-order valence-electron chi connectivity index (χ3n) is 2.18. The van der Waals surface area contributed by atoms with Crippen LogP contribution in [0.2, 0.25) is 0 Å². The van der Waals surface area contributed by atoms with Crippen LogP contribution in [-0.2, 0) is 9.53 Å². The summed E-state index contributed by atoms with van der Waals surface area (Å²) in [5, 5.41) is 0. The highest BCUT2D eigenvalue weighted by Gasteiger charge is 2.29. The Kier molecular flexibility index (Phi) is 4.38. The fraction of sp³-hybridized carbons (Fsp3) is 0.417. The highest BCUT2D eigenvalue weighted by Crippen LogP contribution is 2.22. The van der Waals surface area contributed by atoms with Crippen LogP contribution < -0.4 is 5.73 Å². The van der Waals surface area contributed by atoms with Crippen LogP contribution in [-0.4, -0.2) is 24.4 Å². The number of thioether (sulfide) groups is 1. The third-order valence-corrected chi connectivity index (χ3v) is 3.51. The van der Waals surface area contributed by atoms with Gasteiger partial charge in [-0.1, -0.05) is 17.7 Å². The van der Waals surface area contributed by atoms with Gasteiger partial charge in [0.15, 0.2) is 0 Å². The van der Waals surface area contributed by atoms with E-state index in [0.29, 0.717) is 5.75 Å². The standard InChI is InChI=1S/C12H17NO2S/c1-9-5-4-6-10(7-9)16-8-12(2,13)11(14)15-3/h4-7H,8,13H2,1-3H3. The van der Waals surface area contributed by atoms with Crippen molar-refractivity contribution in [1.82, 2.24) is 0 Å². The molecule has 0 aromatic heterocycles. The molecule has 0 aliphatic heterocycles. The van der Waals surface area contributed by atoms with Gasteiger partial charge in [-0.25, -0.2) is 0 Å². The highest BCUT2D eigenvalue weighted by molar-refractivity contribution is 7.99. The Balaban J connectivity index is 2.61. The maximum absolute atomic E-state index is 11.4. The average molecular weight is 239 g/mol. The minimum absolute atomic E-state index is 0.382. The number of nitrogens with two attached hydrogens (primary N) is 1. The lowest BCUT2D eigenvalue weighted by Gasteiger charge is -2.20. The Morgan fingerprint density at radius 2 is 2.25 bits per heavy atom. The van der Waals surface area contributed by atoms with Crippen LogP contribution in [0.1, 0.15) is 12.5 Å². The molecule has 3 nitrogen and oxygen atoms in total. The Morgan fingerprint density at radius 1 is 1.56 bits per heavy atom. The molecule has 0 radical (unpaired) electrons. The molecule has 0 saturated heterocycles. The van der Waals surface area contributed by atoms with E-state index in [1.165, 1.54) is 12.7 Å². The summed E-state index contributed by atoms with van der Waals surface area (Å²) in [6.45, 7) is 3.72. The number of esters is 1. The maximum Gasteiger partial charge on any atom is 0.326 e. The summed E-state index contributed by atoms with van der Waals surface area (Å²) in [5.74, 6) is 0.121. The average Bonchev–Trinajstić information content (AvgIpc) is 2.25. The number of ether oxygens (including phenoxy) is 1. The summed E-state index contributed by atoms with van der Waals surface area (Å²) >= 11 is 1.56. The van der Waals surface area contributed by atoms with Crippen LogP contribution in [0.5, 0.6) is 0 Å². The number of carbonyl (C=O) groups is 1. The molecule has 0 amide bonds. The third kappa shape index (κ3) is 3.54. The predicted molar refractivity (Wildman–Crippen MR) is 66.5 cm³/mol. The van der Waals surface area contributed by atoms with Crippen molar-refractivity contribution < 1.29 is 9.53 Å². The van der Waals surface area contributed by atoms with Crippen LogP contribution >= 0.6 is 11.8 Å². The van der Waals surface area contributed by atoms with Crippen molar-refractivity contribution in [1.29, 1.82) is 0 Å². The summed E-state index contributed by atoms with van der Waals surface area (Å²) in [5.41, 5.74) is 6.12. The van der Waals surface area contributed by atoms with Crippen molar-refractivity contribution in [2.75, 3.05) is 12.9 Å². The first-order valence-electron chi connectivity index (χ1n) is 5.02. The van der Waals surface area contributed by atoms with Crippen LogP contribution in [0.25, 0.3) is 0 Å². The van der Waals surface area contributed by atoms with E-state index in [1.807, 2.05) is 25.1 Å². The summed E-state index contributed by atoms with van der Waals surface area (Å²) in [6.07, 6.45) is 0. The van der Waals surface area contributed by atoms with Gasteiger partial charge in [0.1, 0.15) is 5.54 Å². The van der Waals surface area contributed by atoms with Crippen LogP contribution in [0.4, 0.5) is 0 Å². The van der Waals surface area contributed by atoms with Gasteiger partial charge in [-0.2, -0.15) is 0 Å². The number of carbonyl (C=O) groups excluding carboxylic acids is 1. The second-order valence-electron chi connectivity index (χ2n) is 4.01. The molecular weight excluding hydrogens is 222 g/mol. The van der Waals surface area contributed by atoms with Gasteiger partial charge >= 0.3 is 5.97 Å². The molecule has 0 aliphatic rings. The highest BCUT2D eigenvalue weighted by atomic mass is 32.2. The van der Waals surface area contributed by atoms with Crippen molar-refractivity contribution in [2.45, 2.75) is 24.3 Å². The fourth-order valence-electron chi connectivity index (χ4n) is 1.23. The lowest BCUT2D eigenvalue weighted by Crippen LogP contribution is -2.48. The molecule has 1 atom stereocenters. The van der Waals surface area contributed by atoms with Crippen LogP contribution in [0, 0.1) is 6.92 Å². The van der Waals surface area contributed by atoms with E-state index >= 15 is 0 Å². The number of rotatable bonds is 4. The van der Waals surface area contributed by atoms with Crippen LogP contribution in [0.3, 0.4) is 0 Å². The summed E-state index contributed by atoms with van der Waals surface area (Å²) < 4.78 is 4.65. The molecule has 88 valence electrons. The second kappa shape index (κ2) is 5.37. The molecule has 4 heteroatoms. The minimum atomic E-state index is -0.941. The molecular formula is C12H17NO2S. The molecule has 16 heavy (non-hydrogen) atoms. The molecule has 0 bridgehead atoms. The first kappa shape index (κ1) is 13.1. The van der Waals surface area contributed by atoms with E-state index in [0.717, 1.165) is 4.90 Å². The molecule has 1 rings (SSSR count). The number of hydrogen-bond donors (Lipinski definition) is 1. The van der Waals surface area contributed by atoms with Crippen molar-refractivity contribution in [3.8, 4) is 0 Å². The SMILES string of the molecule is COC(=O)C(C)(N)CSc1cccc(C)c1. The van der Waals surface area contributed by atoms with Crippen molar-refractivity contribution in [2.24, 2.45) is 5.73 Å². The van der Waals surface area contributed by atoms with E-state index < -0.39 is 5.54 Å². The Hall–Kier alpha value is -1.00. The first-order chi connectivity index (χ1) is 7.45. The topological polar surface area (TPSA) is 52.3 Å². The predicted octanol–water partition coefficient (Wildman–Crippen LogP) is 1.98. The Bertz CT molecular complexity index is 377. The van der Waals surface area contributed by atoms with Gasteiger partial charge in [0, 0.05) is 10.6 Å². The van der Waals surface area contributed by atoms with Crippen molar-refractivity contribution in [3.05, 3.63) is 29.8 Å². The lowest BCUT2D eigenvalue weighted by molar-refractivity contribution is -0.145. The molecule has 0 heterocycles. The summed E-state index contributed by atoms with van der Waals surface area (Å²) in [6, 6.07) is 8.10. The molecule has 0 aliphatic carbocycles. The van der Waals surface area contributed by atoms with Gasteiger partial charge in [-0.15, -0.1) is 11.8 Å². The monoisotopic (exact) mass is 239 g/mol. The van der Waals surface area contributed by atoms with E-state index in [4.69, 9.17) is 5.73 Å². The smallest absolute Gasteiger partial charge is 0.326 e. The molecule has 0 fully saturated rings. The Morgan fingerprint density at radius 3 is 2.81 bits per heavy atom. The van der Waals surface area contributed by atoms with E-state index in [9.17, 15) is 4.79 Å². The van der Waals surface area contributed by atoms with Gasteiger partial charge in [-0.05, 0) is 26.0 Å². The number of aryl methyl sites for hydroxylation is 1. The molecule has 0 spiro atoms. The molecule has 1 aromatic carbocycles.